The van der Waals surface area contributed by atoms with Gasteiger partial charge in [0.25, 0.3) is 0 Å². The fourth-order valence-electron chi connectivity index (χ4n) is 2.72. The fourth-order valence-corrected chi connectivity index (χ4v) is 2.72. The van der Waals surface area contributed by atoms with Gasteiger partial charge >= 0.3 is 0 Å². The Morgan fingerprint density at radius 2 is 2.06 bits per heavy atom. The third-order valence-electron chi connectivity index (χ3n) is 4.12. The summed E-state index contributed by atoms with van der Waals surface area (Å²) in [6.07, 6.45) is 10.3. The van der Waals surface area contributed by atoms with Crippen LogP contribution in [-0.2, 0) is 4.74 Å². The summed E-state index contributed by atoms with van der Waals surface area (Å²) in [7, 11) is 0. The summed E-state index contributed by atoms with van der Waals surface area (Å²) < 4.78 is 5.76. The van der Waals surface area contributed by atoms with E-state index >= 15 is 0 Å². The van der Waals surface area contributed by atoms with Crippen LogP contribution in [0.25, 0.3) is 0 Å². The van der Waals surface area contributed by atoms with Crippen LogP contribution >= 0.6 is 0 Å². The number of hydrogen-bond donors (Lipinski definition) is 2. The van der Waals surface area contributed by atoms with Crippen LogP contribution < -0.4 is 11.3 Å². The quantitative estimate of drug-likeness (QED) is 0.508. The molecule has 0 saturated carbocycles. The molecule has 0 amide bonds. The highest BCUT2D eigenvalue weighted by molar-refractivity contribution is 4.72. The summed E-state index contributed by atoms with van der Waals surface area (Å²) in [5.41, 5.74) is 2.99. The first kappa shape index (κ1) is 14.9. The molecule has 0 aromatic carbocycles. The van der Waals surface area contributed by atoms with E-state index in [4.69, 9.17) is 10.6 Å². The molecule has 1 fully saturated rings. The first-order valence-corrected chi connectivity index (χ1v) is 7.37. The average Bonchev–Trinajstić information content (AvgIpc) is 2.40. The van der Waals surface area contributed by atoms with E-state index in [0.29, 0.717) is 12.1 Å². The first-order chi connectivity index (χ1) is 8.30. The second-order valence-corrected chi connectivity index (χ2v) is 5.35. The molecule has 0 aromatic rings. The lowest BCUT2D eigenvalue weighted by molar-refractivity contribution is 0.00815. The lowest BCUT2D eigenvalue weighted by atomic mass is 9.91. The maximum absolute atomic E-state index is 5.76. The lowest BCUT2D eigenvalue weighted by Crippen LogP contribution is -2.37. The highest BCUT2D eigenvalue weighted by Gasteiger charge is 2.18. The first-order valence-electron chi connectivity index (χ1n) is 7.37. The van der Waals surface area contributed by atoms with Crippen molar-refractivity contribution in [2.45, 2.75) is 77.4 Å². The van der Waals surface area contributed by atoms with Crippen LogP contribution in [0.2, 0.25) is 0 Å². The molecular formula is C14H30N2O. The van der Waals surface area contributed by atoms with E-state index in [2.05, 4.69) is 19.3 Å². The highest BCUT2D eigenvalue weighted by atomic mass is 16.5. The Hall–Kier alpha value is -0.120. The second kappa shape index (κ2) is 8.90. The molecule has 3 heteroatoms. The van der Waals surface area contributed by atoms with Crippen LogP contribution in [-0.4, -0.2) is 18.8 Å². The number of nitrogens with one attached hydrogen (secondary N) is 1. The van der Waals surface area contributed by atoms with E-state index in [-0.39, 0.29) is 0 Å². The third kappa shape index (κ3) is 5.84. The molecule has 1 aliphatic rings. The van der Waals surface area contributed by atoms with Gasteiger partial charge in [-0.25, -0.2) is 0 Å². The molecule has 0 aliphatic carbocycles. The summed E-state index contributed by atoms with van der Waals surface area (Å²) in [6.45, 7) is 5.50. The topological polar surface area (TPSA) is 47.3 Å². The normalized spacial score (nSPS) is 22.9. The summed E-state index contributed by atoms with van der Waals surface area (Å²) >= 11 is 0. The van der Waals surface area contributed by atoms with Crippen LogP contribution in [0.1, 0.15) is 65.2 Å². The van der Waals surface area contributed by atoms with E-state index in [9.17, 15) is 0 Å². The van der Waals surface area contributed by atoms with E-state index in [1.165, 1.54) is 38.5 Å². The standard InChI is InChI=1S/C14H30N2O/c1-3-12(4-2)11-13(16-15)8-9-14-7-5-6-10-17-14/h12-14,16H,3-11,15H2,1-2H3. The van der Waals surface area contributed by atoms with Crippen LogP contribution in [0.15, 0.2) is 0 Å². The van der Waals surface area contributed by atoms with Crippen molar-refractivity contribution in [3.05, 3.63) is 0 Å². The molecule has 1 heterocycles. The van der Waals surface area contributed by atoms with Gasteiger partial charge in [-0.15, -0.1) is 0 Å². The Balaban J connectivity index is 2.20. The van der Waals surface area contributed by atoms with Crippen molar-refractivity contribution in [3.8, 4) is 0 Å². The zero-order valence-corrected chi connectivity index (χ0v) is 11.6. The number of rotatable bonds is 8. The number of ether oxygens (including phenoxy) is 1. The second-order valence-electron chi connectivity index (χ2n) is 5.35. The lowest BCUT2D eigenvalue weighted by Gasteiger charge is -2.26. The largest absolute Gasteiger partial charge is 0.378 e. The Morgan fingerprint density at radius 3 is 2.59 bits per heavy atom. The number of hydrogen-bond acceptors (Lipinski definition) is 3. The van der Waals surface area contributed by atoms with Gasteiger partial charge in [0, 0.05) is 12.6 Å². The van der Waals surface area contributed by atoms with Crippen molar-refractivity contribution in [3.63, 3.8) is 0 Å². The molecule has 1 rings (SSSR count). The molecule has 17 heavy (non-hydrogen) atoms. The van der Waals surface area contributed by atoms with Crippen molar-refractivity contribution in [2.75, 3.05) is 6.61 Å². The molecule has 0 bridgehead atoms. The van der Waals surface area contributed by atoms with Crippen LogP contribution in [0.4, 0.5) is 0 Å². The molecule has 2 unspecified atom stereocenters. The predicted molar refractivity (Wildman–Crippen MR) is 72.6 cm³/mol. The molecule has 3 N–H and O–H groups in total. The monoisotopic (exact) mass is 242 g/mol. The Morgan fingerprint density at radius 1 is 1.29 bits per heavy atom. The van der Waals surface area contributed by atoms with E-state index < -0.39 is 0 Å². The van der Waals surface area contributed by atoms with Crippen molar-refractivity contribution in [2.24, 2.45) is 11.8 Å². The van der Waals surface area contributed by atoms with Crippen molar-refractivity contribution in [1.82, 2.24) is 5.43 Å². The fraction of sp³-hybridized carbons (Fsp3) is 1.00. The zero-order valence-electron chi connectivity index (χ0n) is 11.6. The third-order valence-corrected chi connectivity index (χ3v) is 4.12. The smallest absolute Gasteiger partial charge is 0.0575 e. The van der Waals surface area contributed by atoms with Crippen molar-refractivity contribution in [1.29, 1.82) is 0 Å². The summed E-state index contributed by atoms with van der Waals surface area (Å²) in [5.74, 6) is 6.46. The SMILES string of the molecule is CCC(CC)CC(CCC1CCCCO1)NN. The molecular weight excluding hydrogens is 212 g/mol. The molecule has 0 spiro atoms. The summed E-state index contributed by atoms with van der Waals surface area (Å²) in [6, 6.07) is 0.463. The van der Waals surface area contributed by atoms with Gasteiger partial charge in [0.2, 0.25) is 0 Å². The molecule has 0 radical (unpaired) electrons. The van der Waals surface area contributed by atoms with Gasteiger partial charge in [-0.2, -0.15) is 0 Å². The maximum Gasteiger partial charge on any atom is 0.0575 e. The predicted octanol–water partition coefficient (Wildman–Crippen LogP) is 2.99. The van der Waals surface area contributed by atoms with Crippen LogP contribution in [0.3, 0.4) is 0 Å². The minimum atomic E-state index is 0.463. The van der Waals surface area contributed by atoms with Gasteiger partial charge in [-0.1, -0.05) is 26.7 Å². The number of nitrogens with two attached hydrogens (primary N) is 1. The minimum absolute atomic E-state index is 0.463. The number of hydrazine groups is 1. The summed E-state index contributed by atoms with van der Waals surface area (Å²) in [5, 5.41) is 0. The molecule has 1 saturated heterocycles. The Labute approximate surface area is 106 Å². The minimum Gasteiger partial charge on any atom is -0.378 e. The van der Waals surface area contributed by atoms with Gasteiger partial charge < -0.3 is 4.74 Å². The van der Waals surface area contributed by atoms with E-state index in [1.54, 1.807) is 0 Å². The average molecular weight is 242 g/mol. The highest BCUT2D eigenvalue weighted by Crippen LogP contribution is 2.21. The molecule has 0 aromatic heterocycles. The van der Waals surface area contributed by atoms with E-state index in [1.807, 2.05) is 0 Å². The maximum atomic E-state index is 5.76. The Bertz CT molecular complexity index is 177. The summed E-state index contributed by atoms with van der Waals surface area (Å²) in [4.78, 5) is 0. The van der Waals surface area contributed by atoms with Crippen LogP contribution in [0, 0.1) is 5.92 Å². The Kier molecular flexibility index (Phi) is 7.82. The van der Waals surface area contributed by atoms with Gasteiger partial charge in [0.15, 0.2) is 0 Å². The van der Waals surface area contributed by atoms with Crippen molar-refractivity contribution >= 4 is 0 Å². The van der Waals surface area contributed by atoms with E-state index in [0.717, 1.165) is 25.4 Å². The molecule has 1 aliphatic heterocycles. The molecule has 102 valence electrons. The van der Waals surface area contributed by atoms with Gasteiger partial charge in [-0.3, -0.25) is 11.3 Å². The molecule has 2 atom stereocenters. The van der Waals surface area contributed by atoms with Gasteiger partial charge in [0.05, 0.1) is 6.10 Å². The molecule has 3 nitrogen and oxygen atoms in total. The zero-order chi connectivity index (χ0) is 12.5. The van der Waals surface area contributed by atoms with Gasteiger partial charge in [-0.05, 0) is 44.4 Å². The van der Waals surface area contributed by atoms with Crippen molar-refractivity contribution < 1.29 is 4.74 Å². The van der Waals surface area contributed by atoms with Gasteiger partial charge in [0.1, 0.15) is 0 Å². The van der Waals surface area contributed by atoms with Crippen LogP contribution in [0.5, 0.6) is 0 Å².